The molecule has 1 aromatic carbocycles. The first-order valence-electron chi connectivity index (χ1n) is 6.52. The molecule has 0 aliphatic rings. The third-order valence-electron chi connectivity index (χ3n) is 2.65. The zero-order valence-corrected chi connectivity index (χ0v) is 14.7. The van der Waals surface area contributed by atoms with Crippen molar-refractivity contribution >= 4 is 29.9 Å². The van der Waals surface area contributed by atoms with Crippen molar-refractivity contribution in [2.45, 2.75) is 13.3 Å². The second-order valence-electron chi connectivity index (χ2n) is 4.06. The molecule has 0 aromatic heterocycles. The molecule has 6 heteroatoms. The van der Waals surface area contributed by atoms with E-state index >= 15 is 0 Å². The van der Waals surface area contributed by atoms with Gasteiger partial charge in [0.2, 0.25) is 0 Å². The first-order chi connectivity index (χ1) is 9.71. The second-order valence-corrected chi connectivity index (χ2v) is 4.06. The standard InChI is InChI=1S/C15H21N3O2.HI/c1-4-9-17-15(16-5-2)18-10-8-12-6-7-13(20-3)11-14(12)19;/h1,6-7,11,19H,5,8-10H2,2-3H3,(H2,16,17,18);1H. The lowest BCUT2D eigenvalue weighted by molar-refractivity contribution is 0.406. The van der Waals surface area contributed by atoms with Crippen LogP contribution in [0.15, 0.2) is 23.2 Å². The maximum Gasteiger partial charge on any atom is 0.192 e. The van der Waals surface area contributed by atoms with Crippen LogP contribution in [0.25, 0.3) is 0 Å². The Bertz CT molecular complexity index is 498. The molecule has 0 aliphatic heterocycles. The Labute approximate surface area is 143 Å². The van der Waals surface area contributed by atoms with Crippen molar-refractivity contribution in [3.05, 3.63) is 23.8 Å². The number of nitrogens with zero attached hydrogens (tertiary/aromatic N) is 1. The molecular formula is C15H22IN3O2. The van der Waals surface area contributed by atoms with Crippen LogP contribution in [0.2, 0.25) is 0 Å². The van der Waals surface area contributed by atoms with E-state index in [1.807, 2.05) is 19.1 Å². The van der Waals surface area contributed by atoms with E-state index in [1.165, 1.54) is 0 Å². The summed E-state index contributed by atoms with van der Waals surface area (Å²) in [6.45, 7) is 3.74. The summed E-state index contributed by atoms with van der Waals surface area (Å²) in [6, 6.07) is 5.26. The molecule has 21 heavy (non-hydrogen) atoms. The highest BCUT2D eigenvalue weighted by Crippen LogP contribution is 2.23. The molecule has 5 nitrogen and oxygen atoms in total. The Kier molecular flexibility index (Phi) is 10.2. The van der Waals surface area contributed by atoms with Crippen LogP contribution in [0, 0.1) is 12.3 Å². The van der Waals surface area contributed by atoms with Crippen LogP contribution in [0.3, 0.4) is 0 Å². The molecule has 0 bridgehead atoms. The number of phenols is 1. The monoisotopic (exact) mass is 403 g/mol. The first-order valence-corrected chi connectivity index (χ1v) is 6.52. The summed E-state index contributed by atoms with van der Waals surface area (Å²) in [7, 11) is 1.57. The van der Waals surface area contributed by atoms with Gasteiger partial charge in [0.05, 0.1) is 13.7 Å². The Hall–Kier alpha value is -1.62. The number of terminal acetylenes is 1. The van der Waals surface area contributed by atoms with Gasteiger partial charge in [0.15, 0.2) is 5.96 Å². The number of rotatable bonds is 6. The van der Waals surface area contributed by atoms with Gasteiger partial charge in [0, 0.05) is 19.2 Å². The van der Waals surface area contributed by atoms with E-state index in [1.54, 1.807) is 13.2 Å². The van der Waals surface area contributed by atoms with Gasteiger partial charge in [0.25, 0.3) is 0 Å². The smallest absolute Gasteiger partial charge is 0.192 e. The molecule has 0 heterocycles. The summed E-state index contributed by atoms with van der Waals surface area (Å²) in [6.07, 6.45) is 5.84. The Morgan fingerprint density at radius 3 is 2.76 bits per heavy atom. The van der Waals surface area contributed by atoms with Crippen molar-refractivity contribution in [2.24, 2.45) is 4.99 Å². The molecule has 0 saturated carbocycles. The molecule has 0 spiro atoms. The molecule has 1 aromatic rings. The number of aromatic hydroxyl groups is 1. The second kappa shape index (κ2) is 11.1. The van der Waals surface area contributed by atoms with E-state index in [-0.39, 0.29) is 29.7 Å². The molecule has 116 valence electrons. The summed E-state index contributed by atoms with van der Waals surface area (Å²) < 4.78 is 5.04. The van der Waals surface area contributed by atoms with E-state index in [0.29, 0.717) is 31.2 Å². The van der Waals surface area contributed by atoms with Crippen molar-refractivity contribution in [1.29, 1.82) is 0 Å². The SMILES string of the molecule is C#CCNC(=NCCc1ccc(OC)cc1O)NCC.I. The molecule has 1 rings (SSSR count). The third-order valence-corrected chi connectivity index (χ3v) is 2.65. The van der Waals surface area contributed by atoms with Crippen molar-refractivity contribution in [3.63, 3.8) is 0 Å². The lowest BCUT2D eigenvalue weighted by atomic mass is 10.1. The molecule has 0 unspecified atom stereocenters. The molecule has 0 atom stereocenters. The summed E-state index contributed by atoms with van der Waals surface area (Å²) in [5.74, 6) is 4.04. The van der Waals surface area contributed by atoms with E-state index in [9.17, 15) is 5.11 Å². The van der Waals surface area contributed by atoms with Gasteiger partial charge in [-0.15, -0.1) is 30.4 Å². The molecule has 0 radical (unpaired) electrons. The van der Waals surface area contributed by atoms with Crippen molar-refractivity contribution in [1.82, 2.24) is 10.6 Å². The molecule has 0 fully saturated rings. The number of halogens is 1. The first kappa shape index (κ1) is 19.4. The number of nitrogens with one attached hydrogen (secondary N) is 2. The zero-order valence-electron chi connectivity index (χ0n) is 12.3. The van der Waals surface area contributed by atoms with Crippen LogP contribution in [0.5, 0.6) is 11.5 Å². The predicted molar refractivity (Wildman–Crippen MR) is 96.6 cm³/mol. The highest BCUT2D eigenvalue weighted by Gasteiger charge is 2.03. The zero-order chi connectivity index (χ0) is 14.8. The largest absolute Gasteiger partial charge is 0.508 e. The van der Waals surface area contributed by atoms with Crippen LogP contribution < -0.4 is 15.4 Å². The molecular weight excluding hydrogens is 381 g/mol. The van der Waals surface area contributed by atoms with Crippen LogP contribution >= 0.6 is 24.0 Å². The van der Waals surface area contributed by atoms with Crippen molar-refractivity contribution in [2.75, 3.05) is 26.7 Å². The maximum atomic E-state index is 9.85. The van der Waals surface area contributed by atoms with Gasteiger partial charge >= 0.3 is 0 Å². The van der Waals surface area contributed by atoms with E-state index < -0.39 is 0 Å². The fraction of sp³-hybridized carbons (Fsp3) is 0.400. The van der Waals surface area contributed by atoms with Gasteiger partial charge in [-0.05, 0) is 25.0 Å². The number of ether oxygens (including phenoxy) is 1. The topological polar surface area (TPSA) is 65.9 Å². The summed E-state index contributed by atoms with van der Waals surface area (Å²) in [4.78, 5) is 4.39. The minimum Gasteiger partial charge on any atom is -0.508 e. The van der Waals surface area contributed by atoms with E-state index in [0.717, 1.165) is 12.1 Å². The van der Waals surface area contributed by atoms with Crippen LogP contribution in [0.1, 0.15) is 12.5 Å². The number of hydrogen-bond acceptors (Lipinski definition) is 3. The Morgan fingerprint density at radius 1 is 1.43 bits per heavy atom. The molecule has 0 saturated heterocycles. The number of phenolic OH excluding ortho intramolecular Hbond substituents is 1. The number of aliphatic imine (C=N–C) groups is 1. The van der Waals surface area contributed by atoms with Gasteiger partial charge in [-0.2, -0.15) is 0 Å². The van der Waals surface area contributed by atoms with Gasteiger partial charge in [-0.1, -0.05) is 12.0 Å². The van der Waals surface area contributed by atoms with E-state index in [4.69, 9.17) is 11.2 Å². The van der Waals surface area contributed by atoms with Crippen molar-refractivity contribution < 1.29 is 9.84 Å². The summed E-state index contributed by atoms with van der Waals surface area (Å²) in [5, 5.41) is 16.0. The minimum absolute atomic E-state index is 0. The fourth-order valence-electron chi connectivity index (χ4n) is 1.65. The number of guanidine groups is 1. The molecule has 3 N–H and O–H groups in total. The van der Waals surface area contributed by atoms with Gasteiger partial charge in [-0.3, -0.25) is 4.99 Å². The molecule has 0 amide bonds. The van der Waals surface area contributed by atoms with Gasteiger partial charge < -0.3 is 20.5 Å². The number of benzene rings is 1. The number of hydrogen-bond donors (Lipinski definition) is 3. The number of methoxy groups -OCH3 is 1. The quantitative estimate of drug-likeness (QED) is 0.293. The Morgan fingerprint density at radius 2 is 2.19 bits per heavy atom. The highest BCUT2D eigenvalue weighted by molar-refractivity contribution is 14.0. The average molecular weight is 403 g/mol. The molecule has 0 aliphatic carbocycles. The Balaban J connectivity index is 0.00000400. The van der Waals surface area contributed by atoms with Crippen LogP contribution in [-0.2, 0) is 6.42 Å². The maximum absolute atomic E-state index is 9.85. The minimum atomic E-state index is 0. The van der Waals surface area contributed by atoms with Crippen LogP contribution in [-0.4, -0.2) is 37.8 Å². The summed E-state index contributed by atoms with van der Waals surface area (Å²) >= 11 is 0. The fourth-order valence-corrected chi connectivity index (χ4v) is 1.65. The third kappa shape index (κ3) is 7.09. The normalized spacial score (nSPS) is 10.2. The highest BCUT2D eigenvalue weighted by atomic mass is 127. The summed E-state index contributed by atoms with van der Waals surface area (Å²) in [5.41, 5.74) is 0.836. The van der Waals surface area contributed by atoms with Crippen molar-refractivity contribution in [3.8, 4) is 23.8 Å². The average Bonchev–Trinajstić information content (AvgIpc) is 2.46. The van der Waals surface area contributed by atoms with Gasteiger partial charge in [-0.25, -0.2) is 0 Å². The lowest BCUT2D eigenvalue weighted by Gasteiger charge is -2.09. The van der Waals surface area contributed by atoms with Gasteiger partial charge in [0.1, 0.15) is 11.5 Å². The predicted octanol–water partition coefficient (Wildman–Crippen LogP) is 1.75. The van der Waals surface area contributed by atoms with Crippen LogP contribution in [0.4, 0.5) is 0 Å². The van der Waals surface area contributed by atoms with E-state index in [2.05, 4.69) is 21.5 Å². The lowest BCUT2D eigenvalue weighted by Crippen LogP contribution is -2.37.